The second kappa shape index (κ2) is 10.7. The molecule has 0 amide bonds. The van der Waals surface area contributed by atoms with Gasteiger partial charge in [0.05, 0.1) is 18.3 Å². The van der Waals surface area contributed by atoms with Gasteiger partial charge in [0.25, 0.3) is 0 Å². The molecule has 16 atom stereocenters. The van der Waals surface area contributed by atoms with Gasteiger partial charge in [0, 0.05) is 18.3 Å². The summed E-state index contributed by atoms with van der Waals surface area (Å²) < 4.78 is 24.2. The van der Waals surface area contributed by atoms with Gasteiger partial charge < -0.3 is 49.6 Å². The van der Waals surface area contributed by atoms with E-state index in [9.17, 15) is 35.4 Å². The van der Waals surface area contributed by atoms with Crippen LogP contribution < -0.4 is 0 Å². The molecule has 11 heteroatoms. The van der Waals surface area contributed by atoms with Crippen LogP contribution >= 0.6 is 0 Å². The van der Waals surface area contributed by atoms with E-state index >= 15 is 0 Å². The molecule has 48 heavy (non-hydrogen) atoms. The number of carbonyl (C=O) groups is 1. The molecule has 4 saturated carbocycles. The maximum absolute atomic E-state index is 12.6. The number of rotatable bonds is 5. The Bertz CT molecular complexity index is 1360. The topological polar surface area (TPSA) is 175 Å². The van der Waals surface area contributed by atoms with E-state index in [2.05, 4.69) is 40.7 Å². The van der Waals surface area contributed by atoms with E-state index in [1.807, 2.05) is 0 Å². The SMILES string of the molecule is CC(=O)OC([C@H]1C[C@@H](C)[C@H]2[C@@](O)(O1)[C@H](O)[C@@]1(C)C3=CCC4C(C)(C)[C@@H](OC5OC[C@@H](O)[C@H](O)[C@H]5O)CC[C@@]45C[C@@]35CC[C@]21C)C(C)(C)O. The summed E-state index contributed by atoms with van der Waals surface area (Å²) in [5, 5.41) is 66.9. The number of esters is 1. The average molecular weight is 679 g/mol. The molecular weight excluding hydrogens is 620 g/mol. The van der Waals surface area contributed by atoms with Crippen LogP contribution in [-0.4, -0.2) is 104 Å². The molecule has 7 aliphatic rings. The molecule has 5 aliphatic carbocycles. The maximum atomic E-state index is 12.6. The molecular formula is C37H58O11. The number of aliphatic hydroxyl groups excluding tert-OH is 4. The minimum absolute atomic E-state index is 0.0129. The second-order valence-electron chi connectivity index (χ2n) is 18.4. The minimum Gasteiger partial charge on any atom is -0.457 e. The van der Waals surface area contributed by atoms with Crippen molar-refractivity contribution in [3.8, 4) is 0 Å². The van der Waals surface area contributed by atoms with Crippen LogP contribution in [0.3, 0.4) is 0 Å². The van der Waals surface area contributed by atoms with Crippen molar-refractivity contribution in [3.05, 3.63) is 11.6 Å². The highest BCUT2D eigenvalue weighted by Gasteiger charge is 2.85. The zero-order chi connectivity index (χ0) is 35.2. The maximum Gasteiger partial charge on any atom is 0.303 e. The number of allylic oxidation sites excluding steroid dienone is 1. The molecule has 11 nitrogen and oxygen atoms in total. The van der Waals surface area contributed by atoms with Gasteiger partial charge >= 0.3 is 5.97 Å². The highest BCUT2D eigenvalue weighted by Crippen LogP contribution is 2.88. The molecule has 0 radical (unpaired) electrons. The van der Waals surface area contributed by atoms with Crippen LogP contribution in [0.15, 0.2) is 11.6 Å². The predicted molar refractivity (Wildman–Crippen MR) is 172 cm³/mol. The van der Waals surface area contributed by atoms with Gasteiger partial charge in [-0.15, -0.1) is 0 Å². The molecule has 272 valence electrons. The molecule has 7 rings (SSSR count). The third-order valence-corrected chi connectivity index (χ3v) is 15.2. The van der Waals surface area contributed by atoms with E-state index in [1.54, 1.807) is 13.8 Å². The Morgan fingerprint density at radius 2 is 1.75 bits per heavy atom. The van der Waals surface area contributed by atoms with Crippen LogP contribution in [0.5, 0.6) is 0 Å². The lowest BCUT2D eigenvalue weighted by Gasteiger charge is -2.60. The smallest absolute Gasteiger partial charge is 0.303 e. The minimum atomic E-state index is -1.90. The van der Waals surface area contributed by atoms with Gasteiger partial charge in [0.1, 0.15) is 30.5 Å². The monoisotopic (exact) mass is 678 g/mol. The third kappa shape index (κ3) is 4.35. The summed E-state index contributed by atoms with van der Waals surface area (Å²) >= 11 is 0. The van der Waals surface area contributed by atoms with E-state index in [-0.39, 0.29) is 46.7 Å². The van der Waals surface area contributed by atoms with E-state index < -0.39 is 71.1 Å². The summed E-state index contributed by atoms with van der Waals surface area (Å²) in [7, 11) is 0. The Morgan fingerprint density at radius 3 is 2.40 bits per heavy atom. The highest BCUT2D eigenvalue weighted by atomic mass is 16.7. The molecule has 3 unspecified atom stereocenters. The lowest BCUT2D eigenvalue weighted by Crippen LogP contribution is -2.61. The van der Waals surface area contributed by atoms with Gasteiger partial charge in [0.15, 0.2) is 18.2 Å². The van der Waals surface area contributed by atoms with Crippen molar-refractivity contribution < 1.29 is 54.4 Å². The Morgan fingerprint density at radius 1 is 1.06 bits per heavy atom. The van der Waals surface area contributed by atoms with E-state index in [1.165, 1.54) is 12.5 Å². The fraction of sp³-hybridized carbons (Fsp3) is 0.919. The van der Waals surface area contributed by atoms with Crippen LogP contribution in [0.2, 0.25) is 0 Å². The molecule has 0 bridgehead atoms. The number of hydrogen-bond donors (Lipinski definition) is 6. The summed E-state index contributed by atoms with van der Waals surface area (Å²) in [6.07, 6.45) is -0.0661. The van der Waals surface area contributed by atoms with E-state index in [0.717, 1.165) is 38.5 Å². The third-order valence-electron chi connectivity index (χ3n) is 15.2. The second-order valence-corrected chi connectivity index (χ2v) is 18.4. The van der Waals surface area contributed by atoms with Gasteiger partial charge in [0.2, 0.25) is 0 Å². The number of hydrogen-bond acceptors (Lipinski definition) is 11. The molecule has 2 heterocycles. The molecule has 0 aromatic rings. The van der Waals surface area contributed by atoms with Crippen molar-refractivity contribution >= 4 is 5.97 Å². The van der Waals surface area contributed by atoms with Crippen LogP contribution in [0.4, 0.5) is 0 Å². The zero-order valence-electron chi connectivity index (χ0n) is 29.8. The summed E-state index contributed by atoms with van der Waals surface area (Å²) in [6, 6.07) is 0. The van der Waals surface area contributed by atoms with Crippen LogP contribution in [0, 0.1) is 44.8 Å². The van der Waals surface area contributed by atoms with Crippen molar-refractivity contribution in [2.45, 2.75) is 161 Å². The van der Waals surface area contributed by atoms with Crippen molar-refractivity contribution in [2.24, 2.45) is 44.8 Å². The predicted octanol–water partition coefficient (Wildman–Crippen LogP) is 2.57. The summed E-state index contributed by atoms with van der Waals surface area (Å²) in [6.45, 7) is 15.2. The largest absolute Gasteiger partial charge is 0.457 e. The van der Waals surface area contributed by atoms with Crippen molar-refractivity contribution in [1.82, 2.24) is 0 Å². The quantitative estimate of drug-likeness (QED) is 0.186. The van der Waals surface area contributed by atoms with E-state index in [0.29, 0.717) is 6.42 Å². The number of aliphatic hydroxyl groups is 6. The van der Waals surface area contributed by atoms with Gasteiger partial charge in [-0.05, 0) is 92.3 Å². The molecule has 6 fully saturated rings. The first-order chi connectivity index (χ1) is 22.1. The molecule has 0 aromatic carbocycles. The summed E-state index contributed by atoms with van der Waals surface area (Å²) in [4.78, 5) is 12.1. The molecule has 0 aromatic heterocycles. The zero-order valence-corrected chi connectivity index (χ0v) is 29.8. The Kier molecular flexibility index (Phi) is 7.86. The molecule has 2 saturated heterocycles. The lowest BCUT2D eigenvalue weighted by molar-refractivity contribution is -0.341. The molecule has 2 aliphatic heterocycles. The first-order valence-electron chi connectivity index (χ1n) is 18.1. The number of ether oxygens (including phenoxy) is 4. The standard InChI is InChI=1S/C37H58O11/c1-18-15-21(28(32(5,6)43)46-19(2)38)48-37(44)27(18)33(7)13-14-36-17-35(36)12-11-24(47-29-26(41)25(40)20(39)16-45-29)31(3,4)22(35)9-10-23(36)34(33,8)30(37)42/h10,18,20-22,24-30,39-44H,9,11-17H2,1-8H3/t18-,20-,21-,22?,24+,25+,26-,27-,28?,29?,30-,33-,34-,35-,36+,37-/m1/s1. The van der Waals surface area contributed by atoms with Crippen molar-refractivity contribution in [2.75, 3.05) is 6.61 Å². The average Bonchev–Trinajstić information content (AvgIpc) is 3.62. The van der Waals surface area contributed by atoms with Gasteiger partial charge in [-0.1, -0.05) is 46.3 Å². The first kappa shape index (κ1) is 35.3. The lowest BCUT2D eigenvalue weighted by atomic mass is 9.44. The number of carbonyl (C=O) groups excluding carboxylic acids is 1. The van der Waals surface area contributed by atoms with Crippen LogP contribution in [0.1, 0.15) is 100 Å². The summed E-state index contributed by atoms with van der Waals surface area (Å²) in [5.74, 6) is -2.63. The molecule has 6 N–H and O–H groups in total. The highest BCUT2D eigenvalue weighted by molar-refractivity contribution is 5.66. The van der Waals surface area contributed by atoms with Crippen LogP contribution in [0.25, 0.3) is 0 Å². The van der Waals surface area contributed by atoms with Gasteiger partial charge in [-0.25, -0.2) is 0 Å². The van der Waals surface area contributed by atoms with Crippen molar-refractivity contribution in [1.29, 1.82) is 0 Å². The first-order valence-corrected chi connectivity index (χ1v) is 18.1. The van der Waals surface area contributed by atoms with Crippen molar-refractivity contribution in [3.63, 3.8) is 0 Å². The Hall–Kier alpha value is -1.15. The van der Waals surface area contributed by atoms with E-state index in [4.69, 9.17) is 18.9 Å². The Balaban J connectivity index is 1.20. The fourth-order valence-corrected chi connectivity index (χ4v) is 13.0. The normalized spacial score (nSPS) is 54.4. The molecule has 2 spiro atoms. The number of fused-ring (bicyclic) bond motifs is 4. The van der Waals surface area contributed by atoms with Gasteiger partial charge in [-0.2, -0.15) is 0 Å². The fourth-order valence-electron chi connectivity index (χ4n) is 13.0. The summed E-state index contributed by atoms with van der Waals surface area (Å²) in [5.41, 5.74) is -1.83. The van der Waals surface area contributed by atoms with Crippen LogP contribution in [-0.2, 0) is 23.7 Å². The van der Waals surface area contributed by atoms with Gasteiger partial charge in [-0.3, -0.25) is 4.79 Å². The Labute approximate surface area is 284 Å².